The summed E-state index contributed by atoms with van der Waals surface area (Å²) < 4.78 is 0. The molecule has 0 saturated heterocycles. The van der Waals surface area contributed by atoms with E-state index in [0.29, 0.717) is 0 Å². The SMILES string of the molecule is CC(C)CN1C[C]=CCC1. The summed E-state index contributed by atoms with van der Waals surface area (Å²) in [4.78, 5) is 2.45. The lowest BCUT2D eigenvalue weighted by molar-refractivity contribution is 0.261. The van der Waals surface area contributed by atoms with Crippen LogP contribution in [-0.2, 0) is 0 Å². The van der Waals surface area contributed by atoms with Crippen LogP contribution in [-0.4, -0.2) is 24.5 Å². The average molecular weight is 138 g/mol. The molecule has 1 nitrogen and oxygen atoms in total. The van der Waals surface area contributed by atoms with Crippen molar-refractivity contribution in [1.29, 1.82) is 0 Å². The van der Waals surface area contributed by atoms with Gasteiger partial charge in [-0.05, 0) is 18.4 Å². The number of hydrogen-bond acceptors (Lipinski definition) is 1. The summed E-state index contributed by atoms with van der Waals surface area (Å²) in [5.74, 6) is 0.792. The van der Waals surface area contributed by atoms with Crippen molar-refractivity contribution in [2.45, 2.75) is 20.3 Å². The second-order valence-electron chi connectivity index (χ2n) is 3.33. The molecule has 0 aliphatic carbocycles. The van der Waals surface area contributed by atoms with Crippen LogP contribution in [0.15, 0.2) is 6.08 Å². The summed E-state index contributed by atoms with van der Waals surface area (Å²) in [6.45, 7) is 8.01. The van der Waals surface area contributed by atoms with Crippen molar-refractivity contribution in [2.24, 2.45) is 5.92 Å². The van der Waals surface area contributed by atoms with Crippen molar-refractivity contribution < 1.29 is 0 Å². The Morgan fingerprint density at radius 1 is 1.60 bits per heavy atom. The smallest absolute Gasteiger partial charge is 0.0233 e. The molecule has 0 aromatic heterocycles. The van der Waals surface area contributed by atoms with Gasteiger partial charge in [0.25, 0.3) is 0 Å². The molecule has 0 aromatic rings. The van der Waals surface area contributed by atoms with E-state index in [4.69, 9.17) is 0 Å². The van der Waals surface area contributed by atoms with E-state index in [2.05, 4.69) is 30.9 Å². The van der Waals surface area contributed by atoms with Gasteiger partial charge in [-0.3, -0.25) is 4.90 Å². The molecule has 1 rings (SSSR count). The van der Waals surface area contributed by atoms with Gasteiger partial charge in [-0.2, -0.15) is 0 Å². The largest absolute Gasteiger partial charge is 0.299 e. The van der Waals surface area contributed by atoms with Gasteiger partial charge in [-0.1, -0.05) is 19.9 Å². The van der Waals surface area contributed by atoms with Crippen LogP contribution >= 0.6 is 0 Å². The molecule has 0 N–H and O–H groups in total. The lowest BCUT2D eigenvalue weighted by Crippen LogP contribution is -2.30. The monoisotopic (exact) mass is 138 g/mol. The summed E-state index contributed by atoms with van der Waals surface area (Å²) in [6.07, 6.45) is 6.58. The van der Waals surface area contributed by atoms with Gasteiger partial charge in [0.1, 0.15) is 0 Å². The molecule has 1 aliphatic heterocycles. The van der Waals surface area contributed by atoms with Crippen LogP contribution in [0.4, 0.5) is 0 Å². The second kappa shape index (κ2) is 3.77. The number of rotatable bonds is 2. The summed E-state index contributed by atoms with van der Waals surface area (Å²) >= 11 is 0. The first-order valence-corrected chi connectivity index (χ1v) is 4.06. The van der Waals surface area contributed by atoms with E-state index >= 15 is 0 Å². The molecule has 0 amide bonds. The first kappa shape index (κ1) is 7.80. The lowest BCUT2D eigenvalue weighted by Gasteiger charge is -2.24. The zero-order chi connectivity index (χ0) is 7.40. The highest BCUT2D eigenvalue weighted by Crippen LogP contribution is 2.03. The fourth-order valence-corrected chi connectivity index (χ4v) is 1.29. The van der Waals surface area contributed by atoms with E-state index in [9.17, 15) is 0 Å². The molecule has 0 unspecified atom stereocenters. The summed E-state index contributed by atoms with van der Waals surface area (Å²) in [5, 5.41) is 0. The topological polar surface area (TPSA) is 3.24 Å². The van der Waals surface area contributed by atoms with Gasteiger partial charge < -0.3 is 0 Å². The fourth-order valence-electron chi connectivity index (χ4n) is 1.29. The number of hydrogen-bond donors (Lipinski definition) is 0. The maximum atomic E-state index is 3.24. The quantitative estimate of drug-likeness (QED) is 0.561. The van der Waals surface area contributed by atoms with Gasteiger partial charge in [0.2, 0.25) is 0 Å². The highest BCUT2D eigenvalue weighted by molar-refractivity contribution is 4.84. The van der Waals surface area contributed by atoms with Gasteiger partial charge in [0, 0.05) is 19.6 Å². The Morgan fingerprint density at radius 3 is 2.90 bits per heavy atom. The Kier molecular flexibility index (Phi) is 2.94. The molecule has 57 valence electrons. The molecule has 0 spiro atoms. The van der Waals surface area contributed by atoms with Crippen LogP contribution in [0.5, 0.6) is 0 Å². The standard InChI is InChI=1S/C9H16N/c1-9(2)8-10-6-4-3-5-7-10/h3,9H,4,6-8H2,1-2H3. The van der Waals surface area contributed by atoms with Crippen LogP contribution in [0.3, 0.4) is 0 Å². The average Bonchev–Trinajstić information content (AvgIpc) is 1.88. The maximum Gasteiger partial charge on any atom is 0.0233 e. The molecule has 1 radical (unpaired) electrons. The van der Waals surface area contributed by atoms with Crippen LogP contribution in [0, 0.1) is 12.0 Å². The molecule has 10 heavy (non-hydrogen) atoms. The normalized spacial score (nSPS) is 20.3. The van der Waals surface area contributed by atoms with E-state index in [1.807, 2.05) is 0 Å². The lowest BCUT2D eigenvalue weighted by atomic mass is 10.2. The molecule has 0 atom stereocenters. The fraction of sp³-hybridized carbons (Fsp3) is 0.778. The molecule has 1 heterocycles. The van der Waals surface area contributed by atoms with Gasteiger partial charge in [-0.15, -0.1) is 0 Å². The zero-order valence-electron chi connectivity index (χ0n) is 6.93. The van der Waals surface area contributed by atoms with Crippen LogP contribution in [0.1, 0.15) is 20.3 Å². The van der Waals surface area contributed by atoms with Gasteiger partial charge in [-0.25, -0.2) is 0 Å². The first-order chi connectivity index (χ1) is 4.79. The van der Waals surface area contributed by atoms with Crippen LogP contribution in [0.25, 0.3) is 0 Å². The van der Waals surface area contributed by atoms with E-state index in [-0.39, 0.29) is 0 Å². The highest BCUT2D eigenvalue weighted by Gasteiger charge is 2.06. The van der Waals surface area contributed by atoms with Crippen molar-refractivity contribution in [1.82, 2.24) is 4.90 Å². The van der Waals surface area contributed by atoms with Crippen molar-refractivity contribution >= 4 is 0 Å². The Hall–Kier alpha value is -0.300. The van der Waals surface area contributed by atoms with Crippen LogP contribution < -0.4 is 0 Å². The van der Waals surface area contributed by atoms with E-state index < -0.39 is 0 Å². The zero-order valence-corrected chi connectivity index (χ0v) is 6.93. The Morgan fingerprint density at radius 2 is 2.40 bits per heavy atom. The van der Waals surface area contributed by atoms with Gasteiger partial charge in [0.05, 0.1) is 0 Å². The highest BCUT2D eigenvalue weighted by atomic mass is 15.1. The van der Waals surface area contributed by atoms with E-state index in [1.165, 1.54) is 19.5 Å². The summed E-state index contributed by atoms with van der Waals surface area (Å²) in [6, 6.07) is 0. The van der Waals surface area contributed by atoms with Crippen LogP contribution in [0.2, 0.25) is 0 Å². The molecule has 0 aromatic carbocycles. The van der Waals surface area contributed by atoms with Gasteiger partial charge in [0.15, 0.2) is 0 Å². The van der Waals surface area contributed by atoms with Crippen molar-refractivity contribution in [3.8, 4) is 0 Å². The minimum atomic E-state index is 0.792. The molecule has 1 aliphatic rings. The Labute approximate surface area is 63.7 Å². The predicted octanol–water partition coefficient (Wildman–Crippen LogP) is 1.71. The van der Waals surface area contributed by atoms with Crippen molar-refractivity contribution in [3.63, 3.8) is 0 Å². The number of nitrogens with zero attached hydrogens (tertiary/aromatic N) is 1. The summed E-state index contributed by atoms with van der Waals surface area (Å²) in [5.41, 5.74) is 0. The van der Waals surface area contributed by atoms with Gasteiger partial charge >= 0.3 is 0 Å². The Bertz CT molecular complexity index is 116. The first-order valence-electron chi connectivity index (χ1n) is 4.06. The molecule has 0 fully saturated rings. The Balaban J connectivity index is 2.22. The minimum absolute atomic E-state index is 0.792. The van der Waals surface area contributed by atoms with E-state index in [0.717, 1.165) is 12.5 Å². The summed E-state index contributed by atoms with van der Waals surface area (Å²) in [7, 11) is 0. The minimum Gasteiger partial charge on any atom is -0.299 e. The molecular weight excluding hydrogens is 122 g/mol. The van der Waals surface area contributed by atoms with E-state index in [1.54, 1.807) is 0 Å². The molecular formula is C9H16N. The molecule has 0 saturated carbocycles. The third-order valence-electron chi connectivity index (χ3n) is 1.67. The van der Waals surface area contributed by atoms with Crippen molar-refractivity contribution in [3.05, 3.63) is 12.2 Å². The predicted molar refractivity (Wildman–Crippen MR) is 43.7 cm³/mol. The molecule has 0 bridgehead atoms. The second-order valence-corrected chi connectivity index (χ2v) is 3.33. The third-order valence-corrected chi connectivity index (χ3v) is 1.67. The molecule has 1 heteroatoms. The van der Waals surface area contributed by atoms with Crippen molar-refractivity contribution in [2.75, 3.05) is 19.6 Å². The third kappa shape index (κ3) is 2.53. The maximum absolute atomic E-state index is 3.24.